The van der Waals surface area contributed by atoms with Gasteiger partial charge in [0.1, 0.15) is 0 Å². The van der Waals surface area contributed by atoms with Crippen LogP contribution in [0.3, 0.4) is 0 Å². The summed E-state index contributed by atoms with van der Waals surface area (Å²) in [6.45, 7) is 1.69. The Balaban J connectivity index is 2.11. The van der Waals surface area contributed by atoms with E-state index in [0.717, 1.165) is 5.56 Å². The standard InChI is InChI=1S/C14H16ClN5O2S/c1-8(12(21)17-13(22)16-2)23-14-19-18-11(20(14)3)9-4-6-10(15)7-5-9/h4-8H,1-3H3,(H2,16,17,21,22). The lowest BCUT2D eigenvalue weighted by Crippen LogP contribution is -2.41. The third kappa shape index (κ3) is 4.23. The second kappa shape index (κ2) is 7.47. The SMILES string of the molecule is CNC(=O)NC(=O)C(C)Sc1nnc(-c2ccc(Cl)cc2)n1C. The molecule has 0 saturated heterocycles. The lowest BCUT2D eigenvalue weighted by Gasteiger charge is -2.10. The van der Waals surface area contributed by atoms with Crippen molar-refractivity contribution in [3.8, 4) is 11.4 Å². The van der Waals surface area contributed by atoms with Crippen molar-refractivity contribution < 1.29 is 9.59 Å². The Bertz CT molecular complexity index is 716. The van der Waals surface area contributed by atoms with Crippen molar-refractivity contribution in [2.24, 2.45) is 7.05 Å². The van der Waals surface area contributed by atoms with E-state index in [-0.39, 0.29) is 0 Å². The minimum atomic E-state index is -0.540. The number of urea groups is 1. The molecule has 1 heterocycles. The maximum absolute atomic E-state index is 11.9. The molecule has 1 atom stereocenters. The highest BCUT2D eigenvalue weighted by atomic mass is 35.5. The molecule has 0 fully saturated rings. The van der Waals surface area contributed by atoms with Gasteiger partial charge in [-0.15, -0.1) is 10.2 Å². The number of nitrogens with zero attached hydrogens (tertiary/aromatic N) is 3. The normalized spacial score (nSPS) is 11.8. The van der Waals surface area contributed by atoms with Crippen LogP contribution in [0, 0.1) is 0 Å². The Morgan fingerprint density at radius 2 is 1.91 bits per heavy atom. The van der Waals surface area contributed by atoms with Crippen LogP contribution in [-0.4, -0.2) is 39.0 Å². The zero-order valence-electron chi connectivity index (χ0n) is 12.8. The number of imide groups is 1. The summed E-state index contributed by atoms with van der Waals surface area (Å²) in [7, 11) is 3.26. The third-order valence-corrected chi connectivity index (χ3v) is 4.44. The molecule has 0 aliphatic rings. The fourth-order valence-electron chi connectivity index (χ4n) is 1.76. The summed E-state index contributed by atoms with van der Waals surface area (Å²) in [5, 5.41) is 13.5. The van der Waals surface area contributed by atoms with Crippen molar-refractivity contribution >= 4 is 35.3 Å². The molecule has 7 nitrogen and oxygen atoms in total. The molecule has 1 aromatic heterocycles. The van der Waals surface area contributed by atoms with E-state index in [1.165, 1.54) is 18.8 Å². The van der Waals surface area contributed by atoms with Gasteiger partial charge in [-0.1, -0.05) is 23.4 Å². The molecule has 1 unspecified atom stereocenters. The summed E-state index contributed by atoms with van der Waals surface area (Å²) < 4.78 is 1.79. The largest absolute Gasteiger partial charge is 0.341 e. The summed E-state index contributed by atoms with van der Waals surface area (Å²) in [5.74, 6) is 0.272. The lowest BCUT2D eigenvalue weighted by atomic mass is 10.2. The van der Waals surface area contributed by atoms with Crippen molar-refractivity contribution in [3.63, 3.8) is 0 Å². The number of rotatable bonds is 4. The van der Waals surface area contributed by atoms with Crippen LogP contribution in [0.1, 0.15) is 6.92 Å². The molecule has 2 aromatic rings. The Kier molecular flexibility index (Phi) is 5.62. The fraction of sp³-hybridized carbons (Fsp3) is 0.286. The Morgan fingerprint density at radius 1 is 1.26 bits per heavy atom. The molecule has 2 rings (SSSR count). The van der Waals surface area contributed by atoms with Gasteiger partial charge in [0.2, 0.25) is 5.91 Å². The van der Waals surface area contributed by atoms with Crippen molar-refractivity contribution in [2.75, 3.05) is 7.05 Å². The molecule has 0 aliphatic heterocycles. The van der Waals surface area contributed by atoms with Crippen LogP contribution in [0.2, 0.25) is 5.02 Å². The number of aromatic nitrogens is 3. The average Bonchev–Trinajstić information content (AvgIpc) is 2.89. The van der Waals surface area contributed by atoms with Gasteiger partial charge in [0.25, 0.3) is 0 Å². The number of benzene rings is 1. The lowest BCUT2D eigenvalue weighted by molar-refractivity contribution is -0.119. The number of hydrogen-bond donors (Lipinski definition) is 2. The van der Waals surface area contributed by atoms with Crippen LogP contribution in [0.4, 0.5) is 4.79 Å². The van der Waals surface area contributed by atoms with Gasteiger partial charge in [0.05, 0.1) is 5.25 Å². The van der Waals surface area contributed by atoms with Gasteiger partial charge >= 0.3 is 6.03 Å². The number of carbonyl (C=O) groups excluding carboxylic acids is 2. The molecule has 0 saturated carbocycles. The first-order valence-corrected chi connectivity index (χ1v) is 8.02. The number of carbonyl (C=O) groups is 2. The van der Waals surface area contributed by atoms with Gasteiger partial charge in [-0.05, 0) is 31.2 Å². The molecule has 0 radical (unpaired) electrons. The Hall–Kier alpha value is -2.06. The minimum Gasteiger partial charge on any atom is -0.341 e. The first-order chi connectivity index (χ1) is 10.9. The topological polar surface area (TPSA) is 88.9 Å². The van der Waals surface area contributed by atoms with Gasteiger partial charge in [0.15, 0.2) is 11.0 Å². The quantitative estimate of drug-likeness (QED) is 0.821. The van der Waals surface area contributed by atoms with E-state index in [2.05, 4.69) is 20.8 Å². The van der Waals surface area contributed by atoms with E-state index in [4.69, 9.17) is 11.6 Å². The van der Waals surface area contributed by atoms with E-state index < -0.39 is 17.2 Å². The van der Waals surface area contributed by atoms with Gasteiger partial charge in [-0.2, -0.15) is 0 Å². The van der Waals surface area contributed by atoms with Crippen LogP contribution in [0.5, 0.6) is 0 Å². The summed E-state index contributed by atoms with van der Waals surface area (Å²) in [6.07, 6.45) is 0. The smallest absolute Gasteiger partial charge is 0.321 e. The highest BCUT2D eigenvalue weighted by Gasteiger charge is 2.20. The van der Waals surface area contributed by atoms with E-state index in [1.807, 2.05) is 19.2 Å². The number of halogens is 1. The molecule has 23 heavy (non-hydrogen) atoms. The van der Waals surface area contributed by atoms with Gasteiger partial charge in [-0.25, -0.2) is 4.79 Å². The van der Waals surface area contributed by atoms with E-state index in [0.29, 0.717) is 16.0 Å². The van der Waals surface area contributed by atoms with Crippen LogP contribution in [0.25, 0.3) is 11.4 Å². The van der Waals surface area contributed by atoms with E-state index >= 15 is 0 Å². The first-order valence-electron chi connectivity index (χ1n) is 6.77. The number of amides is 3. The zero-order chi connectivity index (χ0) is 17.0. The summed E-state index contributed by atoms with van der Waals surface area (Å²) in [6, 6.07) is 6.71. The van der Waals surface area contributed by atoms with E-state index in [1.54, 1.807) is 23.6 Å². The third-order valence-electron chi connectivity index (χ3n) is 3.05. The van der Waals surface area contributed by atoms with Crippen LogP contribution < -0.4 is 10.6 Å². The second-order valence-corrected chi connectivity index (χ2v) is 6.44. The average molecular weight is 354 g/mol. The second-order valence-electron chi connectivity index (χ2n) is 4.70. The predicted octanol–water partition coefficient (Wildman–Crippen LogP) is 2.07. The molecule has 1 aromatic carbocycles. The minimum absolute atomic E-state index is 0.398. The molecular weight excluding hydrogens is 338 g/mol. The highest BCUT2D eigenvalue weighted by Crippen LogP contribution is 2.26. The van der Waals surface area contributed by atoms with Crippen LogP contribution >= 0.6 is 23.4 Å². The molecule has 0 aliphatic carbocycles. The number of thioether (sulfide) groups is 1. The maximum atomic E-state index is 11.9. The van der Waals surface area contributed by atoms with Crippen LogP contribution in [0.15, 0.2) is 29.4 Å². The van der Waals surface area contributed by atoms with Gasteiger partial charge < -0.3 is 9.88 Å². The monoisotopic (exact) mass is 353 g/mol. The zero-order valence-corrected chi connectivity index (χ0v) is 14.4. The number of nitrogens with one attached hydrogen (secondary N) is 2. The summed E-state index contributed by atoms with van der Waals surface area (Å²) in [4.78, 5) is 23.0. The highest BCUT2D eigenvalue weighted by molar-refractivity contribution is 8.00. The molecule has 122 valence electrons. The number of hydrogen-bond acceptors (Lipinski definition) is 5. The Morgan fingerprint density at radius 3 is 2.52 bits per heavy atom. The van der Waals surface area contributed by atoms with Crippen molar-refractivity contribution in [3.05, 3.63) is 29.3 Å². The van der Waals surface area contributed by atoms with Gasteiger partial charge in [-0.3, -0.25) is 10.1 Å². The van der Waals surface area contributed by atoms with Crippen molar-refractivity contribution in [1.29, 1.82) is 0 Å². The molecule has 9 heteroatoms. The van der Waals surface area contributed by atoms with E-state index in [9.17, 15) is 9.59 Å². The molecule has 2 N–H and O–H groups in total. The molecule has 0 spiro atoms. The molecule has 0 bridgehead atoms. The molecular formula is C14H16ClN5O2S. The fourth-order valence-corrected chi connectivity index (χ4v) is 2.70. The van der Waals surface area contributed by atoms with Crippen molar-refractivity contribution in [1.82, 2.24) is 25.4 Å². The van der Waals surface area contributed by atoms with Crippen LogP contribution in [-0.2, 0) is 11.8 Å². The summed E-state index contributed by atoms with van der Waals surface area (Å²) >= 11 is 7.10. The Labute approximate surface area is 142 Å². The van der Waals surface area contributed by atoms with Crippen molar-refractivity contribution in [2.45, 2.75) is 17.3 Å². The van der Waals surface area contributed by atoms with Gasteiger partial charge in [0, 0.05) is 24.7 Å². The summed E-state index contributed by atoms with van der Waals surface area (Å²) in [5.41, 5.74) is 0.874. The molecule has 3 amide bonds. The predicted molar refractivity (Wildman–Crippen MR) is 89.4 cm³/mol. The maximum Gasteiger partial charge on any atom is 0.321 e. The first kappa shape index (κ1) is 17.3.